The van der Waals surface area contributed by atoms with E-state index in [1.165, 1.54) is 6.20 Å². The fraction of sp³-hybridized carbons (Fsp3) is 0.429. The van der Waals surface area contributed by atoms with Gasteiger partial charge in [0.25, 0.3) is 0 Å². The number of hydrogen-bond donors (Lipinski definition) is 1. The van der Waals surface area contributed by atoms with Gasteiger partial charge in [-0.3, -0.25) is 4.98 Å². The molecule has 0 aliphatic rings. The van der Waals surface area contributed by atoms with E-state index < -0.39 is 17.8 Å². The molecule has 1 N–H and O–H groups in total. The average Bonchev–Trinajstić information content (AvgIpc) is 2.85. The van der Waals surface area contributed by atoms with E-state index in [2.05, 4.69) is 15.3 Å². The molecule has 2 aromatic heterocycles. The smallest absolute Gasteiger partial charge is 0.336 e. The van der Waals surface area contributed by atoms with E-state index in [0.29, 0.717) is 12.4 Å². The summed E-state index contributed by atoms with van der Waals surface area (Å²) in [5, 5.41) is 3.12. The highest BCUT2D eigenvalue weighted by molar-refractivity contribution is 5.33. The van der Waals surface area contributed by atoms with E-state index in [1.54, 1.807) is 24.0 Å². The molecule has 2 rings (SSSR count). The minimum Gasteiger partial charge on any atom is -0.336 e. The third-order valence-electron chi connectivity index (χ3n) is 3.18. The molecule has 4 nitrogen and oxygen atoms in total. The molecular formula is C14H17F3N4. The molecule has 2 heterocycles. The molecule has 0 radical (unpaired) electrons. The number of imidazole rings is 1. The van der Waals surface area contributed by atoms with Crippen molar-refractivity contribution in [2.45, 2.75) is 25.6 Å². The van der Waals surface area contributed by atoms with Gasteiger partial charge in [-0.1, -0.05) is 6.92 Å². The maximum atomic E-state index is 13.2. The van der Waals surface area contributed by atoms with Crippen LogP contribution in [0.5, 0.6) is 0 Å². The first-order chi connectivity index (χ1) is 9.95. The van der Waals surface area contributed by atoms with Crippen molar-refractivity contribution in [3.05, 3.63) is 47.8 Å². The topological polar surface area (TPSA) is 42.7 Å². The molecular weight excluding hydrogens is 281 g/mol. The first kappa shape index (κ1) is 15.5. The van der Waals surface area contributed by atoms with Gasteiger partial charge in [-0.25, -0.2) is 4.98 Å². The van der Waals surface area contributed by atoms with E-state index in [9.17, 15) is 13.2 Å². The molecule has 0 saturated carbocycles. The van der Waals surface area contributed by atoms with Crippen LogP contribution in [0.3, 0.4) is 0 Å². The normalized spacial score (nSPS) is 13.4. The van der Waals surface area contributed by atoms with Crippen molar-refractivity contribution in [2.24, 2.45) is 7.05 Å². The minimum absolute atomic E-state index is 0.0905. The van der Waals surface area contributed by atoms with Crippen molar-refractivity contribution in [1.82, 2.24) is 19.9 Å². The first-order valence-electron chi connectivity index (χ1n) is 6.66. The Morgan fingerprint density at radius 3 is 2.67 bits per heavy atom. The number of pyridine rings is 1. The summed E-state index contributed by atoms with van der Waals surface area (Å²) in [7, 11) is 1.76. The second-order valence-electron chi connectivity index (χ2n) is 4.74. The van der Waals surface area contributed by atoms with Crippen LogP contribution < -0.4 is 5.32 Å². The van der Waals surface area contributed by atoms with Gasteiger partial charge >= 0.3 is 6.18 Å². The Hall–Kier alpha value is -1.89. The fourth-order valence-electron chi connectivity index (χ4n) is 2.18. The maximum absolute atomic E-state index is 13.2. The zero-order valence-corrected chi connectivity index (χ0v) is 11.9. The van der Waals surface area contributed by atoms with Crippen molar-refractivity contribution < 1.29 is 13.2 Å². The zero-order valence-electron chi connectivity index (χ0n) is 11.9. The number of halogens is 3. The lowest BCUT2D eigenvalue weighted by Crippen LogP contribution is -2.28. The van der Waals surface area contributed by atoms with E-state index in [4.69, 9.17) is 0 Å². The van der Waals surface area contributed by atoms with Crippen LogP contribution in [0.15, 0.2) is 30.9 Å². The van der Waals surface area contributed by atoms with Crippen molar-refractivity contribution in [3.63, 3.8) is 0 Å². The van der Waals surface area contributed by atoms with Gasteiger partial charge in [0.2, 0.25) is 0 Å². The number of rotatable bonds is 5. The molecule has 0 saturated heterocycles. The number of aromatic nitrogens is 3. The maximum Gasteiger partial charge on any atom is 0.416 e. The van der Waals surface area contributed by atoms with E-state index in [0.717, 1.165) is 18.7 Å². The van der Waals surface area contributed by atoms with E-state index in [1.807, 2.05) is 6.92 Å². The van der Waals surface area contributed by atoms with Crippen LogP contribution in [0.1, 0.15) is 36.3 Å². The largest absolute Gasteiger partial charge is 0.416 e. The third-order valence-corrected chi connectivity index (χ3v) is 3.18. The molecule has 1 unspecified atom stereocenters. The lowest BCUT2D eigenvalue weighted by molar-refractivity contribution is -0.138. The summed E-state index contributed by atoms with van der Waals surface area (Å²) in [6.45, 7) is 2.54. The first-order valence-corrected chi connectivity index (χ1v) is 6.66. The molecule has 114 valence electrons. The Balaban J connectivity index is 2.50. The minimum atomic E-state index is -4.42. The number of aryl methyl sites for hydroxylation is 1. The molecule has 0 aromatic carbocycles. The summed E-state index contributed by atoms with van der Waals surface area (Å²) in [6.07, 6.45) is 2.07. The quantitative estimate of drug-likeness (QED) is 0.923. The Kier molecular flexibility index (Phi) is 4.62. The van der Waals surface area contributed by atoms with Crippen molar-refractivity contribution in [3.8, 4) is 0 Å². The summed E-state index contributed by atoms with van der Waals surface area (Å²) < 4.78 is 41.3. The Morgan fingerprint density at radius 2 is 2.10 bits per heavy atom. The van der Waals surface area contributed by atoms with Gasteiger partial charge in [-0.05, 0) is 19.0 Å². The van der Waals surface area contributed by atoms with Gasteiger partial charge in [-0.2, -0.15) is 13.2 Å². The molecule has 0 aliphatic heterocycles. The highest BCUT2D eigenvalue weighted by atomic mass is 19.4. The lowest BCUT2D eigenvalue weighted by atomic mass is 10.0. The fourth-order valence-corrected chi connectivity index (χ4v) is 2.18. The van der Waals surface area contributed by atoms with Gasteiger partial charge in [0.05, 0.1) is 11.6 Å². The van der Waals surface area contributed by atoms with E-state index >= 15 is 0 Å². The predicted molar refractivity (Wildman–Crippen MR) is 72.6 cm³/mol. The molecule has 0 bridgehead atoms. The Bertz CT molecular complexity index is 592. The molecule has 0 aliphatic carbocycles. The number of hydrogen-bond acceptors (Lipinski definition) is 3. The van der Waals surface area contributed by atoms with Crippen molar-refractivity contribution in [1.29, 1.82) is 0 Å². The Morgan fingerprint density at radius 1 is 1.33 bits per heavy atom. The van der Waals surface area contributed by atoms with Crippen LogP contribution in [0.2, 0.25) is 0 Å². The summed E-state index contributed by atoms with van der Waals surface area (Å²) in [6, 6.07) is 0.356. The molecule has 1 atom stereocenters. The summed E-state index contributed by atoms with van der Waals surface area (Å²) in [5.41, 5.74) is -0.596. The molecule has 21 heavy (non-hydrogen) atoms. The number of nitrogens with one attached hydrogen (secondary N) is 1. The lowest BCUT2D eigenvalue weighted by Gasteiger charge is -2.22. The predicted octanol–water partition coefficient (Wildman–Crippen LogP) is 2.92. The van der Waals surface area contributed by atoms with Crippen molar-refractivity contribution in [2.75, 3.05) is 6.54 Å². The summed E-state index contributed by atoms with van der Waals surface area (Å²) in [4.78, 5) is 8.02. The summed E-state index contributed by atoms with van der Waals surface area (Å²) in [5.74, 6) is 0.530. The molecule has 2 aromatic rings. The molecule has 0 spiro atoms. The number of alkyl halides is 3. The van der Waals surface area contributed by atoms with Crippen LogP contribution in [-0.4, -0.2) is 21.1 Å². The van der Waals surface area contributed by atoms with Gasteiger partial charge in [-0.15, -0.1) is 0 Å². The Labute approximate surface area is 121 Å². The zero-order chi connectivity index (χ0) is 15.5. The van der Waals surface area contributed by atoms with Crippen LogP contribution in [0, 0.1) is 0 Å². The van der Waals surface area contributed by atoms with Crippen LogP contribution in [-0.2, 0) is 13.2 Å². The van der Waals surface area contributed by atoms with Gasteiger partial charge < -0.3 is 9.88 Å². The molecule has 0 amide bonds. The van der Waals surface area contributed by atoms with Gasteiger partial charge in [0.15, 0.2) is 0 Å². The number of nitrogens with zero attached hydrogens (tertiary/aromatic N) is 3. The van der Waals surface area contributed by atoms with Crippen LogP contribution >= 0.6 is 0 Å². The van der Waals surface area contributed by atoms with Gasteiger partial charge in [0, 0.05) is 37.4 Å². The van der Waals surface area contributed by atoms with Crippen LogP contribution in [0.25, 0.3) is 0 Å². The SMILES string of the molecule is CCCNC(c1cnccc1C(F)(F)F)c1nccn1C. The summed E-state index contributed by atoms with van der Waals surface area (Å²) >= 11 is 0. The van der Waals surface area contributed by atoms with Crippen LogP contribution in [0.4, 0.5) is 13.2 Å². The standard InChI is InChI=1S/C14H17F3N4/c1-3-5-19-12(13-20-7-8-21(13)2)10-9-18-6-4-11(10)14(15,16)17/h4,6-9,12,19H,3,5H2,1-2H3. The highest BCUT2D eigenvalue weighted by Gasteiger charge is 2.36. The average molecular weight is 298 g/mol. The van der Waals surface area contributed by atoms with Crippen molar-refractivity contribution >= 4 is 0 Å². The third kappa shape index (κ3) is 3.41. The molecule has 7 heteroatoms. The van der Waals surface area contributed by atoms with Gasteiger partial charge in [0.1, 0.15) is 5.82 Å². The second-order valence-corrected chi connectivity index (χ2v) is 4.74. The van der Waals surface area contributed by atoms with E-state index in [-0.39, 0.29) is 5.56 Å². The molecule has 0 fully saturated rings. The monoisotopic (exact) mass is 298 g/mol. The second kappa shape index (κ2) is 6.26. The highest BCUT2D eigenvalue weighted by Crippen LogP contribution is 2.35.